The fourth-order valence-electron chi connectivity index (χ4n) is 5.24. The van der Waals surface area contributed by atoms with Gasteiger partial charge in [0.1, 0.15) is 18.0 Å². The lowest BCUT2D eigenvalue weighted by molar-refractivity contribution is -0.119. The van der Waals surface area contributed by atoms with Crippen molar-refractivity contribution in [2.75, 3.05) is 5.32 Å². The van der Waals surface area contributed by atoms with E-state index in [2.05, 4.69) is 15.6 Å². The molecule has 1 aromatic heterocycles. The summed E-state index contributed by atoms with van der Waals surface area (Å²) < 4.78 is 1.46. The van der Waals surface area contributed by atoms with Crippen molar-refractivity contribution in [3.8, 4) is 0 Å². The number of carbonyl (C=O) groups excluding carboxylic acids is 1. The molecule has 0 spiro atoms. The number of nitroso groups, excluding NO2 is 1. The molecule has 0 radical (unpaired) electrons. The second kappa shape index (κ2) is 9.79. The SMILES string of the molecule is O=NN1[C@H](Cc2ccc(NC(=O)[C@@H]3CCc4nccc(=O)n43)cc2)CC[C@@H]1[C@H](O)c1ccccc1. The molecule has 2 N–H and O–H groups in total. The van der Waals surface area contributed by atoms with Crippen molar-refractivity contribution in [3.63, 3.8) is 0 Å². The number of nitrogens with zero attached hydrogens (tertiary/aromatic N) is 4. The zero-order valence-electron chi connectivity index (χ0n) is 19.2. The number of aromatic nitrogens is 2. The quantitative estimate of drug-likeness (QED) is 0.509. The van der Waals surface area contributed by atoms with Gasteiger partial charge in [-0.05, 0) is 48.9 Å². The molecule has 1 fully saturated rings. The molecule has 5 rings (SSSR count). The standard InChI is InChI=1S/C26H27N5O4/c32-24-14-15-27-23-13-12-22(30(23)24)26(34)28-19-8-6-17(7-9-19)16-20-10-11-21(31(20)29-35)25(33)18-4-2-1-3-5-18/h1-9,14-15,20-22,25,33H,10-13,16H2,(H,28,34)/t20-,21+,22-,25+/m0/s1. The number of hydrogen-bond acceptors (Lipinski definition) is 6. The van der Waals surface area contributed by atoms with Crippen LogP contribution in [0.15, 0.2) is 76.9 Å². The van der Waals surface area contributed by atoms with Gasteiger partial charge in [-0.25, -0.2) is 4.98 Å². The fourth-order valence-corrected chi connectivity index (χ4v) is 5.24. The summed E-state index contributed by atoms with van der Waals surface area (Å²) in [6, 6.07) is 17.1. The van der Waals surface area contributed by atoms with E-state index < -0.39 is 12.1 Å². The largest absolute Gasteiger partial charge is 0.386 e. The van der Waals surface area contributed by atoms with Gasteiger partial charge < -0.3 is 10.4 Å². The summed E-state index contributed by atoms with van der Waals surface area (Å²) in [7, 11) is 0. The second-order valence-corrected chi connectivity index (χ2v) is 9.13. The molecule has 3 aromatic rings. The van der Waals surface area contributed by atoms with E-state index in [9.17, 15) is 19.6 Å². The minimum absolute atomic E-state index is 0.106. The first kappa shape index (κ1) is 22.9. The molecule has 0 bridgehead atoms. The van der Waals surface area contributed by atoms with Crippen LogP contribution in [0.5, 0.6) is 0 Å². The average Bonchev–Trinajstić information content (AvgIpc) is 3.50. The highest BCUT2D eigenvalue weighted by Crippen LogP contribution is 2.35. The van der Waals surface area contributed by atoms with Crippen LogP contribution >= 0.6 is 0 Å². The average molecular weight is 474 g/mol. The van der Waals surface area contributed by atoms with Crippen LogP contribution in [0.4, 0.5) is 5.69 Å². The molecule has 0 aliphatic carbocycles. The smallest absolute Gasteiger partial charge is 0.254 e. The molecule has 0 saturated carbocycles. The molecule has 2 aliphatic rings. The van der Waals surface area contributed by atoms with Gasteiger partial charge in [0.25, 0.3) is 5.56 Å². The van der Waals surface area contributed by atoms with E-state index in [1.165, 1.54) is 21.8 Å². The van der Waals surface area contributed by atoms with Gasteiger partial charge in [-0.15, -0.1) is 4.91 Å². The van der Waals surface area contributed by atoms with Crippen LogP contribution in [-0.4, -0.2) is 37.7 Å². The Morgan fingerprint density at radius 2 is 1.86 bits per heavy atom. The lowest BCUT2D eigenvalue weighted by atomic mass is 10.0. The van der Waals surface area contributed by atoms with Crippen LogP contribution in [-0.2, 0) is 17.6 Å². The molecule has 4 atom stereocenters. The summed E-state index contributed by atoms with van der Waals surface area (Å²) >= 11 is 0. The molecule has 1 amide bonds. The van der Waals surface area contributed by atoms with Crippen molar-refractivity contribution in [2.24, 2.45) is 5.29 Å². The van der Waals surface area contributed by atoms with Crippen molar-refractivity contribution in [3.05, 3.63) is 99.1 Å². The maximum atomic E-state index is 12.8. The van der Waals surface area contributed by atoms with Gasteiger partial charge in [-0.3, -0.25) is 19.2 Å². The molecule has 9 nitrogen and oxygen atoms in total. The molecular formula is C26H27N5O4. The number of aryl methyl sites for hydroxylation is 1. The summed E-state index contributed by atoms with van der Waals surface area (Å²) in [5.41, 5.74) is 2.19. The van der Waals surface area contributed by atoms with Crippen molar-refractivity contribution in [1.82, 2.24) is 14.6 Å². The normalized spacial score (nSPS) is 22.0. The van der Waals surface area contributed by atoms with Crippen molar-refractivity contribution in [2.45, 2.75) is 56.3 Å². The van der Waals surface area contributed by atoms with Gasteiger partial charge in [0.2, 0.25) is 5.91 Å². The van der Waals surface area contributed by atoms with E-state index in [1.54, 1.807) is 0 Å². The molecule has 35 heavy (non-hydrogen) atoms. The Morgan fingerprint density at radius 1 is 1.09 bits per heavy atom. The Hall–Kier alpha value is -3.85. The number of anilines is 1. The Kier molecular flexibility index (Phi) is 6.41. The highest BCUT2D eigenvalue weighted by molar-refractivity contribution is 5.94. The van der Waals surface area contributed by atoms with Crippen LogP contribution in [0.2, 0.25) is 0 Å². The Balaban J connectivity index is 1.22. The van der Waals surface area contributed by atoms with Crippen LogP contribution in [0.1, 0.15) is 48.4 Å². The van der Waals surface area contributed by atoms with E-state index >= 15 is 0 Å². The van der Waals surface area contributed by atoms with Crippen LogP contribution in [0.3, 0.4) is 0 Å². The first-order chi connectivity index (χ1) is 17.0. The van der Waals surface area contributed by atoms with E-state index in [1.807, 2.05) is 54.6 Å². The lowest BCUT2D eigenvalue weighted by Crippen LogP contribution is -2.36. The minimum Gasteiger partial charge on any atom is -0.386 e. The first-order valence-corrected chi connectivity index (χ1v) is 11.9. The summed E-state index contributed by atoms with van der Waals surface area (Å²) in [5, 5.41) is 18.4. The van der Waals surface area contributed by atoms with Crippen LogP contribution in [0, 0.1) is 4.91 Å². The minimum atomic E-state index is -0.778. The van der Waals surface area contributed by atoms with Gasteiger partial charge in [0.15, 0.2) is 0 Å². The number of fused-ring (bicyclic) bond motifs is 1. The van der Waals surface area contributed by atoms with E-state index in [0.29, 0.717) is 37.2 Å². The first-order valence-electron chi connectivity index (χ1n) is 11.9. The molecule has 2 aliphatic heterocycles. The molecule has 1 saturated heterocycles. The maximum absolute atomic E-state index is 12.8. The lowest BCUT2D eigenvalue weighted by Gasteiger charge is -2.28. The number of hydrogen-bond donors (Lipinski definition) is 2. The third-order valence-corrected chi connectivity index (χ3v) is 7.01. The molecule has 9 heteroatoms. The second-order valence-electron chi connectivity index (χ2n) is 9.13. The number of amides is 1. The van der Waals surface area contributed by atoms with Crippen molar-refractivity contribution < 1.29 is 9.90 Å². The molecule has 3 heterocycles. The topological polar surface area (TPSA) is 117 Å². The number of aliphatic hydroxyl groups excluding tert-OH is 1. The van der Waals surface area contributed by atoms with Gasteiger partial charge in [-0.1, -0.05) is 42.5 Å². The number of rotatable bonds is 7. The summed E-state index contributed by atoms with van der Waals surface area (Å²) in [6.45, 7) is 0. The van der Waals surface area contributed by atoms with Crippen molar-refractivity contribution in [1.29, 1.82) is 0 Å². The van der Waals surface area contributed by atoms with Gasteiger partial charge in [0.05, 0.1) is 17.4 Å². The molecular weight excluding hydrogens is 446 g/mol. The zero-order chi connectivity index (χ0) is 24.4. The van der Waals surface area contributed by atoms with Gasteiger partial charge >= 0.3 is 0 Å². The molecule has 2 aromatic carbocycles. The Morgan fingerprint density at radius 3 is 2.60 bits per heavy atom. The number of aliphatic hydroxyl groups is 1. The summed E-state index contributed by atoms with van der Waals surface area (Å²) in [6.07, 6.45) is 3.87. The van der Waals surface area contributed by atoms with E-state index in [-0.39, 0.29) is 23.6 Å². The van der Waals surface area contributed by atoms with E-state index in [4.69, 9.17) is 0 Å². The highest BCUT2D eigenvalue weighted by Gasteiger charge is 2.38. The maximum Gasteiger partial charge on any atom is 0.254 e. The fraction of sp³-hybridized carbons (Fsp3) is 0.346. The van der Waals surface area contributed by atoms with Gasteiger partial charge in [-0.2, -0.15) is 0 Å². The third kappa shape index (κ3) is 4.59. The van der Waals surface area contributed by atoms with Crippen LogP contribution in [0.25, 0.3) is 0 Å². The summed E-state index contributed by atoms with van der Waals surface area (Å²) in [5.74, 6) is 0.394. The molecule has 0 unspecified atom stereocenters. The number of carbonyl (C=O) groups is 1. The third-order valence-electron chi connectivity index (χ3n) is 7.01. The van der Waals surface area contributed by atoms with Crippen LogP contribution < -0.4 is 10.9 Å². The highest BCUT2D eigenvalue weighted by atomic mass is 16.3. The Labute approximate surface area is 202 Å². The zero-order valence-corrected chi connectivity index (χ0v) is 19.2. The Bertz CT molecular complexity index is 1260. The monoisotopic (exact) mass is 473 g/mol. The predicted molar refractivity (Wildman–Crippen MR) is 130 cm³/mol. The number of nitrogens with one attached hydrogen (secondary N) is 1. The van der Waals surface area contributed by atoms with Crippen molar-refractivity contribution >= 4 is 11.6 Å². The predicted octanol–water partition coefficient (Wildman–Crippen LogP) is 3.16. The van der Waals surface area contributed by atoms with E-state index in [0.717, 1.165) is 17.5 Å². The van der Waals surface area contributed by atoms with Gasteiger partial charge in [0, 0.05) is 24.4 Å². The summed E-state index contributed by atoms with van der Waals surface area (Å²) in [4.78, 5) is 40.8. The molecule has 180 valence electrons. The number of benzene rings is 2.